The van der Waals surface area contributed by atoms with Crippen molar-refractivity contribution in [3.05, 3.63) is 0 Å². The van der Waals surface area contributed by atoms with Crippen molar-refractivity contribution >= 4 is 0 Å². The van der Waals surface area contributed by atoms with Crippen LogP contribution in [0.2, 0.25) is 0 Å². The minimum atomic E-state index is -0.157. The van der Waals surface area contributed by atoms with Crippen LogP contribution in [-0.2, 0) is 17.1 Å². The van der Waals surface area contributed by atoms with Crippen LogP contribution in [0.4, 0.5) is 0 Å². The van der Waals surface area contributed by atoms with Gasteiger partial charge < -0.3 is 5.11 Å². The predicted molar refractivity (Wildman–Crippen MR) is 35.8 cm³/mol. The maximum absolute atomic E-state index is 8.89. The fourth-order valence-corrected chi connectivity index (χ4v) is 0.886. The molecule has 2 heteroatoms. The van der Waals surface area contributed by atoms with E-state index in [2.05, 4.69) is 20.8 Å². The van der Waals surface area contributed by atoms with Crippen molar-refractivity contribution in [1.29, 1.82) is 0 Å². The van der Waals surface area contributed by atoms with Crippen molar-refractivity contribution < 1.29 is 22.2 Å². The smallest absolute Gasteiger partial charge is 0.0517 e. The minimum absolute atomic E-state index is 0. The van der Waals surface area contributed by atoms with Crippen LogP contribution in [0.3, 0.4) is 0 Å². The number of hydrogen-bond acceptors (Lipinski definition) is 1. The summed E-state index contributed by atoms with van der Waals surface area (Å²) in [6.07, 6.45) is 0.725. The van der Waals surface area contributed by atoms with E-state index < -0.39 is 0 Å². The number of hydrogen-bond donors (Lipinski definition) is 1. The molecule has 0 spiro atoms. The molecule has 61 valence electrons. The molecule has 0 aromatic heterocycles. The molecule has 0 rings (SSSR count). The first-order valence-electron chi connectivity index (χ1n) is 3.10. The summed E-state index contributed by atoms with van der Waals surface area (Å²) in [6.45, 7) is 8.20. The second-order valence-electron chi connectivity index (χ2n) is 3.61. The summed E-state index contributed by atoms with van der Waals surface area (Å²) in [6, 6.07) is 0. The molecule has 0 saturated carbocycles. The van der Waals surface area contributed by atoms with E-state index in [9.17, 15) is 0 Å². The quantitative estimate of drug-likeness (QED) is 0.609. The molecule has 0 aliphatic carbocycles. The minimum Gasteiger partial charge on any atom is -0.393 e. The van der Waals surface area contributed by atoms with Gasteiger partial charge in [0.05, 0.1) is 6.10 Å². The van der Waals surface area contributed by atoms with Crippen LogP contribution < -0.4 is 0 Å². The molecule has 1 N–H and O–H groups in total. The molecular formula is C7H16CuO. The average molecular weight is 180 g/mol. The van der Waals surface area contributed by atoms with E-state index >= 15 is 0 Å². The molecule has 0 amide bonds. The van der Waals surface area contributed by atoms with E-state index in [0.717, 1.165) is 6.42 Å². The fraction of sp³-hybridized carbons (Fsp3) is 1.00. The second kappa shape index (κ2) is 4.32. The van der Waals surface area contributed by atoms with Gasteiger partial charge in [-0.05, 0) is 18.8 Å². The number of aliphatic hydroxyl groups excluding tert-OH is 1. The van der Waals surface area contributed by atoms with Gasteiger partial charge in [-0.25, -0.2) is 0 Å². The zero-order chi connectivity index (χ0) is 6.78. The molecular weight excluding hydrogens is 164 g/mol. The first-order valence-corrected chi connectivity index (χ1v) is 3.10. The van der Waals surface area contributed by atoms with Crippen molar-refractivity contribution in [3.8, 4) is 0 Å². The molecule has 0 saturated heterocycles. The molecule has 0 bridgehead atoms. The van der Waals surface area contributed by atoms with E-state index in [-0.39, 0.29) is 28.6 Å². The molecule has 0 aromatic carbocycles. The second-order valence-corrected chi connectivity index (χ2v) is 3.61. The van der Waals surface area contributed by atoms with Crippen molar-refractivity contribution in [2.45, 2.75) is 40.2 Å². The van der Waals surface area contributed by atoms with Gasteiger partial charge in [-0.2, -0.15) is 0 Å². The molecule has 0 fully saturated rings. The van der Waals surface area contributed by atoms with Crippen LogP contribution in [0.25, 0.3) is 0 Å². The van der Waals surface area contributed by atoms with Gasteiger partial charge in [0.25, 0.3) is 0 Å². The third kappa shape index (κ3) is 11.9. The summed E-state index contributed by atoms with van der Waals surface area (Å²) in [5.41, 5.74) is 0.272. The Morgan fingerprint density at radius 3 is 1.67 bits per heavy atom. The molecule has 1 nitrogen and oxygen atoms in total. The predicted octanol–water partition coefficient (Wildman–Crippen LogP) is 1.80. The summed E-state index contributed by atoms with van der Waals surface area (Å²) in [5.74, 6) is 0. The van der Waals surface area contributed by atoms with Gasteiger partial charge in [0.1, 0.15) is 0 Å². The van der Waals surface area contributed by atoms with Crippen LogP contribution >= 0.6 is 0 Å². The van der Waals surface area contributed by atoms with Gasteiger partial charge in [-0.3, -0.25) is 0 Å². The van der Waals surface area contributed by atoms with Gasteiger partial charge in [-0.1, -0.05) is 20.8 Å². The normalized spacial score (nSPS) is 14.3. The fourth-order valence-electron chi connectivity index (χ4n) is 0.886. The van der Waals surface area contributed by atoms with Crippen LogP contribution in [0.5, 0.6) is 0 Å². The summed E-state index contributed by atoms with van der Waals surface area (Å²) < 4.78 is 0. The maximum Gasteiger partial charge on any atom is 0.0517 e. The zero-order valence-corrected chi connectivity index (χ0v) is 7.47. The van der Waals surface area contributed by atoms with Crippen LogP contribution in [0, 0.1) is 5.41 Å². The zero-order valence-electron chi connectivity index (χ0n) is 6.53. The molecule has 1 unspecified atom stereocenters. The van der Waals surface area contributed by atoms with Gasteiger partial charge in [0.2, 0.25) is 0 Å². The van der Waals surface area contributed by atoms with E-state index in [4.69, 9.17) is 5.11 Å². The Morgan fingerprint density at radius 2 is 1.67 bits per heavy atom. The first kappa shape index (κ1) is 12.2. The summed E-state index contributed by atoms with van der Waals surface area (Å²) in [5, 5.41) is 8.89. The van der Waals surface area contributed by atoms with Crippen molar-refractivity contribution in [3.63, 3.8) is 0 Å². The Balaban J connectivity index is 0. The van der Waals surface area contributed by atoms with Gasteiger partial charge in [0.15, 0.2) is 0 Å². The standard InChI is InChI=1S/C7H16O.Cu/c1-6(8)5-7(2,3)4;/h6,8H,5H2,1-4H3;. The topological polar surface area (TPSA) is 20.2 Å². The van der Waals surface area contributed by atoms with Gasteiger partial charge >= 0.3 is 0 Å². The average Bonchev–Trinajstić information content (AvgIpc) is 1.21. The van der Waals surface area contributed by atoms with Crippen LogP contribution in [-0.4, -0.2) is 11.2 Å². The molecule has 0 heterocycles. The molecule has 1 atom stereocenters. The summed E-state index contributed by atoms with van der Waals surface area (Å²) >= 11 is 0. The first-order chi connectivity index (χ1) is 3.42. The monoisotopic (exact) mass is 179 g/mol. The Morgan fingerprint density at radius 1 is 1.33 bits per heavy atom. The molecule has 0 aromatic rings. The summed E-state index contributed by atoms with van der Waals surface area (Å²) in [7, 11) is 0. The van der Waals surface area contributed by atoms with Crippen molar-refractivity contribution in [1.82, 2.24) is 0 Å². The SMILES string of the molecule is CC(O)CC(C)(C)C.[Cu]. The van der Waals surface area contributed by atoms with E-state index in [1.807, 2.05) is 6.92 Å². The molecule has 0 aliphatic heterocycles. The Bertz CT molecular complexity index is 63.8. The van der Waals surface area contributed by atoms with Crippen LogP contribution in [0.1, 0.15) is 34.1 Å². The third-order valence-electron chi connectivity index (χ3n) is 0.908. The van der Waals surface area contributed by atoms with Gasteiger partial charge in [0, 0.05) is 17.1 Å². The molecule has 0 aliphatic rings. The van der Waals surface area contributed by atoms with E-state index in [1.54, 1.807) is 0 Å². The van der Waals surface area contributed by atoms with Gasteiger partial charge in [-0.15, -0.1) is 0 Å². The number of rotatable bonds is 1. The molecule has 1 radical (unpaired) electrons. The largest absolute Gasteiger partial charge is 0.393 e. The summed E-state index contributed by atoms with van der Waals surface area (Å²) in [4.78, 5) is 0. The Kier molecular flexibility index (Phi) is 5.85. The van der Waals surface area contributed by atoms with Crippen LogP contribution in [0.15, 0.2) is 0 Å². The van der Waals surface area contributed by atoms with E-state index in [1.165, 1.54) is 0 Å². The third-order valence-corrected chi connectivity index (χ3v) is 0.908. The number of aliphatic hydroxyl groups is 1. The van der Waals surface area contributed by atoms with E-state index in [0.29, 0.717) is 0 Å². The molecule has 9 heavy (non-hydrogen) atoms. The Labute approximate surface area is 68.3 Å². The maximum atomic E-state index is 8.89. The van der Waals surface area contributed by atoms with Crippen molar-refractivity contribution in [2.24, 2.45) is 5.41 Å². The Hall–Kier alpha value is 0.479. The van der Waals surface area contributed by atoms with Crippen molar-refractivity contribution in [2.75, 3.05) is 0 Å².